The standard InChI is InChI=1S/C20H15F6N3O5/c21-19(22,23)16(31)33-18(34-17(32)20(24,25)26)11-28-9-10-29(18)15(30)14-3-1-12(2-4-14)13-5-7-27-8-6-13/h1-8,28H,9-11H2. The molecule has 182 valence electrons. The number of amides is 1. The minimum absolute atomic E-state index is 0.101. The van der Waals surface area contributed by atoms with E-state index in [0.29, 0.717) is 10.5 Å². The van der Waals surface area contributed by atoms with E-state index in [-0.39, 0.29) is 12.1 Å². The second-order valence-corrected chi connectivity index (χ2v) is 6.93. The van der Waals surface area contributed by atoms with Crippen LogP contribution in [0.25, 0.3) is 11.1 Å². The van der Waals surface area contributed by atoms with Crippen LogP contribution in [0.1, 0.15) is 10.4 Å². The molecular weight excluding hydrogens is 476 g/mol. The van der Waals surface area contributed by atoms with Gasteiger partial charge in [-0.15, -0.1) is 0 Å². The maximum Gasteiger partial charge on any atom is 0.491 e. The number of carbonyl (C=O) groups excluding carboxylic acids is 3. The molecule has 1 amide bonds. The first-order chi connectivity index (χ1) is 15.8. The molecule has 3 rings (SSSR count). The number of nitrogens with zero attached hydrogens (tertiary/aromatic N) is 2. The van der Waals surface area contributed by atoms with Crippen LogP contribution in [-0.4, -0.2) is 65.6 Å². The molecule has 8 nitrogen and oxygen atoms in total. The molecule has 1 aliphatic heterocycles. The lowest BCUT2D eigenvalue weighted by Crippen LogP contribution is -2.68. The van der Waals surface area contributed by atoms with Crippen molar-refractivity contribution in [1.82, 2.24) is 15.2 Å². The van der Waals surface area contributed by atoms with Crippen LogP contribution in [0.4, 0.5) is 26.3 Å². The van der Waals surface area contributed by atoms with Gasteiger partial charge < -0.3 is 14.8 Å². The predicted molar refractivity (Wildman–Crippen MR) is 101 cm³/mol. The maximum atomic E-state index is 13.1. The molecule has 0 saturated carbocycles. The molecule has 0 spiro atoms. The van der Waals surface area contributed by atoms with Gasteiger partial charge in [0.15, 0.2) is 0 Å². The van der Waals surface area contributed by atoms with E-state index in [1.165, 1.54) is 36.7 Å². The van der Waals surface area contributed by atoms with Gasteiger partial charge in [0, 0.05) is 31.0 Å². The van der Waals surface area contributed by atoms with Crippen molar-refractivity contribution >= 4 is 17.8 Å². The molecular formula is C20H15F6N3O5. The smallest absolute Gasteiger partial charge is 0.395 e. The number of hydrogen-bond donors (Lipinski definition) is 1. The van der Waals surface area contributed by atoms with Gasteiger partial charge in [-0.1, -0.05) is 12.1 Å². The van der Waals surface area contributed by atoms with Crippen LogP contribution < -0.4 is 5.32 Å². The first-order valence-corrected chi connectivity index (χ1v) is 9.47. The first kappa shape index (κ1) is 25.0. The van der Waals surface area contributed by atoms with Gasteiger partial charge in [0.2, 0.25) is 0 Å². The Kier molecular flexibility index (Phi) is 6.82. The lowest BCUT2D eigenvalue weighted by Gasteiger charge is -2.44. The molecule has 1 fully saturated rings. The third-order valence-corrected chi connectivity index (χ3v) is 4.63. The van der Waals surface area contributed by atoms with Crippen molar-refractivity contribution in [3.8, 4) is 11.1 Å². The predicted octanol–water partition coefficient (Wildman–Crippen LogP) is 2.66. The number of piperazine rings is 1. The molecule has 1 N–H and O–H groups in total. The first-order valence-electron chi connectivity index (χ1n) is 9.47. The summed E-state index contributed by atoms with van der Waals surface area (Å²) in [7, 11) is 0. The number of pyridine rings is 1. The average molecular weight is 491 g/mol. The fourth-order valence-corrected chi connectivity index (χ4v) is 3.07. The molecule has 0 aliphatic carbocycles. The van der Waals surface area contributed by atoms with Gasteiger partial charge in [-0.05, 0) is 35.4 Å². The van der Waals surface area contributed by atoms with Gasteiger partial charge in [0.1, 0.15) is 0 Å². The van der Waals surface area contributed by atoms with Crippen molar-refractivity contribution in [3.63, 3.8) is 0 Å². The molecule has 1 aromatic carbocycles. The Labute approximate surface area is 187 Å². The van der Waals surface area contributed by atoms with E-state index >= 15 is 0 Å². The number of carbonyl (C=O) groups is 3. The average Bonchev–Trinajstić information content (AvgIpc) is 2.78. The molecule has 0 bridgehead atoms. The van der Waals surface area contributed by atoms with Crippen molar-refractivity contribution < 1.29 is 50.2 Å². The van der Waals surface area contributed by atoms with E-state index in [0.717, 1.165) is 5.56 Å². The quantitative estimate of drug-likeness (QED) is 0.399. The third kappa shape index (κ3) is 5.44. The molecule has 14 heteroatoms. The summed E-state index contributed by atoms with van der Waals surface area (Å²) in [6.45, 7) is -1.67. The summed E-state index contributed by atoms with van der Waals surface area (Å²) in [6.07, 6.45) is -8.24. The zero-order valence-electron chi connectivity index (χ0n) is 16.9. The summed E-state index contributed by atoms with van der Waals surface area (Å²) < 4.78 is 85.4. The van der Waals surface area contributed by atoms with Crippen LogP contribution in [0, 0.1) is 0 Å². The van der Waals surface area contributed by atoms with Crippen LogP contribution in [0.15, 0.2) is 48.8 Å². The van der Waals surface area contributed by atoms with E-state index in [9.17, 15) is 40.7 Å². The fourth-order valence-electron chi connectivity index (χ4n) is 3.07. The highest BCUT2D eigenvalue weighted by molar-refractivity contribution is 5.95. The van der Waals surface area contributed by atoms with Crippen LogP contribution in [0.2, 0.25) is 0 Å². The highest BCUT2D eigenvalue weighted by atomic mass is 19.4. The van der Waals surface area contributed by atoms with Gasteiger partial charge >= 0.3 is 30.2 Å². The van der Waals surface area contributed by atoms with Crippen molar-refractivity contribution in [3.05, 3.63) is 54.4 Å². The monoisotopic (exact) mass is 491 g/mol. The van der Waals surface area contributed by atoms with Crippen molar-refractivity contribution in [2.24, 2.45) is 0 Å². The van der Waals surface area contributed by atoms with Gasteiger partial charge in [-0.2, -0.15) is 26.3 Å². The lowest BCUT2D eigenvalue weighted by molar-refractivity contribution is -0.309. The largest absolute Gasteiger partial charge is 0.491 e. The molecule has 34 heavy (non-hydrogen) atoms. The molecule has 0 radical (unpaired) electrons. The molecule has 0 unspecified atom stereocenters. The summed E-state index contributed by atoms with van der Waals surface area (Å²) in [5, 5.41) is 2.37. The fraction of sp³-hybridized carbons (Fsp3) is 0.300. The van der Waals surface area contributed by atoms with E-state index in [1.807, 2.05) is 0 Å². The summed E-state index contributed by atoms with van der Waals surface area (Å²) >= 11 is 0. The molecule has 0 atom stereocenters. The minimum Gasteiger partial charge on any atom is -0.395 e. The number of benzene rings is 1. The van der Waals surface area contributed by atoms with E-state index in [1.54, 1.807) is 12.1 Å². The van der Waals surface area contributed by atoms with Crippen molar-refractivity contribution in [1.29, 1.82) is 0 Å². The highest BCUT2D eigenvalue weighted by Crippen LogP contribution is 2.31. The Balaban J connectivity index is 1.97. The summed E-state index contributed by atoms with van der Waals surface area (Å²) in [6, 6.07) is 8.84. The number of alkyl halides is 6. The number of rotatable bonds is 4. The maximum absolute atomic E-state index is 13.1. The van der Waals surface area contributed by atoms with Gasteiger partial charge in [0.25, 0.3) is 5.91 Å². The Morgan fingerprint density at radius 3 is 1.85 bits per heavy atom. The van der Waals surface area contributed by atoms with E-state index in [4.69, 9.17) is 0 Å². The van der Waals surface area contributed by atoms with Crippen LogP contribution >= 0.6 is 0 Å². The number of esters is 2. The zero-order chi connectivity index (χ0) is 25.1. The molecule has 1 aliphatic rings. The number of hydrogen-bond acceptors (Lipinski definition) is 7. The number of halogens is 6. The highest BCUT2D eigenvalue weighted by Gasteiger charge is 2.57. The normalized spacial score (nSPS) is 16.0. The second kappa shape index (κ2) is 9.29. The van der Waals surface area contributed by atoms with Crippen molar-refractivity contribution in [2.45, 2.75) is 18.3 Å². The van der Waals surface area contributed by atoms with Gasteiger partial charge in [-0.3, -0.25) is 14.7 Å². The van der Waals surface area contributed by atoms with E-state index in [2.05, 4.69) is 19.8 Å². The molecule has 1 saturated heterocycles. The van der Waals surface area contributed by atoms with Crippen LogP contribution in [0.3, 0.4) is 0 Å². The molecule has 2 aromatic rings. The van der Waals surface area contributed by atoms with Crippen LogP contribution in [0.5, 0.6) is 0 Å². The summed E-state index contributed by atoms with van der Waals surface area (Å²) in [5.74, 6) is -10.4. The molecule has 1 aromatic heterocycles. The van der Waals surface area contributed by atoms with Crippen molar-refractivity contribution in [2.75, 3.05) is 19.6 Å². The Bertz CT molecular complexity index is 1030. The third-order valence-electron chi connectivity index (χ3n) is 4.63. The minimum atomic E-state index is -5.64. The second-order valence-electron chi connectivity index (χ2n) is 6.93. The van der Waals surface area contributed by atoms with Crippen LogP contribution in [-0.2, 0) is 19.1 Å². The van der Waals surface area contributed by atoms with Gasteiger partial charge in [-0.25, -0.2) is 9.59 Å². The van der Waals surface area contributed by atoms with Gasteiger partial charge in [0.05, 0.1) is 6.54 Å². The topological polar surface area (TPSA) is 97.8 Å². The SMILES string of the molecule is O=C(c1ccc(-c2ccncc2)cc1)N1CCNCC1(OC(=O)C(F)(F)F)OC(=O)C(F)(F)F. The Hall–Kier alpha value is -3.68. The summed E-state index contributed by atoms with van der Waals surface area (Å²) in [4.78, 5) is 40.2. The number of ether oxygens (including phenoxy) is 2. The number of aromatic nitrogens is 1. The molecule has 2 heterocycles. The Morgan fingerprint density at radius 2 is 1.35 bits per heavy atom. The Morgan fingerprint density at radius 1 is 0.853 bits per heavy atom. The lowest BCUT2D eigenvalue weighted by atomic mass is 10.0. The van der Waals surface area contributed by atoms with E-state index < -0.39 is 49.2 Å². The summed E-state index contributed by atoms with van der Waals surface area (Å²) in [5.41, 5.74) is 1.19. The zero-order valence-corrected chi connectivity index (χ0v) is 16.9. The number of nitrogens with one attached hydrogen (secondary N) is 1.